The lowest BCUT2D eigenvalue weighted by atomic mass is 10.1. The SMILES string of the molecule is CNCc1ccc(Cn2nc(-c3ncc(OC)c(Nc4ccncc4)n3)c3ccccc32)c(Cl)c1. The molecular weight excluding hydrogens is 462 g/mol. The summed E-state index contributed by atoms with van der Waals surface area (Å²) in [6.07, 6.45) is 5.07. The number of nitrogens with one attached hydrogen (secondary N) is 2. The van der Waals surface area contributed by atoms with E-state index in [4.69, 9.17) is 26.4 Å². The van der Waals surface area contributed by atoms with Gasteiger partial charge in [0.1, 0.15) is 5.69 Å². The molecule has 176 valence electrons. The molecule has 35 heavy (non-hydrogen) atoms. The molecule has 3 heterocycles. The number of hydrogen-bond donors (Lipinski definition) is 2. The maximum absolute atomic E-state index is 6.60. The van der Waals surface area contributed by atoms with Crippen LogP contribution in [0.2, 0.25) is 5.02 Å². The molecule has 0 aliphatic carbocycles. The highest BCUT2D eigenvalue weighted by atomic mass is 35.5. The lowest BCUT2D eigenvalue weighted by Gasteiger charge is -2.10. The summed E-state index contributed by atoms with van der Waals surface area (Å²) in [4.78, 5) is 13.4. The van der Waals surface area contributed by atoms with Crippen molar-refractivity contribution in [2.45, 2.75) is 13.1 Å². The first-order valence-electron chi connectivity index (χ1n) is 11.1. The molecule has 0 aliphatic rings. The van der Waals surface area contributed by atoms with E-state index >= 15 is 0 Å². The number of halogens is 1. The summed E-state index contributed by atoms with van der Waals surface area (Å²) in [5.74, 6) is 1.57. The standard InChI is InChI=1S/C26H24ClN7O/c1-28-14-17-7-8-18(21(27)13-17)16-34-22-6-4-3-5-20(22)24(33-34)26-30-15-23(35-2)25(32-26)31-19-9-11-29-12-10-19/h3-13,15,28H,14,16H2,1-2H3,(H,29,30,31,32). The van der Waals surface area contributed by atoms with Crippen LogP contribution in [0.1, 0.15) is 11.1 Å². The van der Waals surface area contributed by atoms with E-state index in [0.717, 1.165) is 34.3 Å². The van der Waals surface area contributed by atoms with E-state index in [9.17, 15) is 0 Å². The van der Waals surface area contributed by atoms with Crippen molar-refractivity contribution in [1.29, 1.82) is 0 Å². The third kappa shape index (κ3) is 4.80. The minimum atomic E-state index is 0.493. The lowest BCUT2D eigenvalue weighted by Crippen LogP contribution is -2.06. The maximum Gasteiger partial charge on any atom is 0.183 e. The second kappa shape index (κ2) is 10.1. The Labute approximate surface area is 208 Å². The molecule has 0 atom stereocenters. The number of anilines is 2. The maximum atomic E-state index is 6.60. The highest BCUT2D eigenvalue weighted by Crippen LogP contribution is 2.31. The number of aromatic nitrogens is 5. The number of nitrogens with zero attached hydrogens (tertiary/aromatic N) is 5. The first-order chi connectivity index (χ1) is 17.2. The van der Waals surface area contributed by atoms with Gasteiger partial charge in [-0.25, -0.2) is 9.97 Å². The minimum Gasteiger partial charge on any atom is -0.491 e. The smallest absolute Gasteiger partial charge is 0.183 e. The van der Waals surface area contributed by atoms with Gasteiger partial charge >= 0.3 is 0 Å². The van der Waals surface area contributed by atoms with Crippen LogP contribution in [0.4, 0.5) is 11.5 Å². The topological polar surface area (TPSA) is 89.8 Å². The molecule has 0 amide bonds. The van der Waals surface area contributed by atoms with E-state index in [1.54, 1.807) is 25.7 Å². The van der Waals surface area contributed by atoms with Crippen LogP contribution in [0.15, 0.2) is 73.2 Å². The average molecular weight is 486 g/mol. The van der Waals surface area contributed by atoms with E-state index in [0.29, 0.717) is 34.7 Å². The van der Waals surface area contributed by atoms with Gasteiger partial charge in [0.25, 0.3) is 0 Å². The molecule has 0 spiro atoms. The number of methoxy groups -OCH3 is 1. The van der Waals surface area contributed by atoms with Gasteiger partial charge in [-0.2, -0.15) is 5.10 Å². The van der Waals surface area contributed by atoms with Crippen LogP contribution in [-0.2, 0) is 13.1 Å². The molecule has 0 bridgehead atoms. The molecule has 0 radical (unpaired) electrons. The zero-order valence-corrected chi connectivity index (χ0v) is 20.1. The molecular formula is C26H24ClN7O. The number of fused-ring (bicyclic) bond motifs is 1. The van der Waals surface area contributed by atoms with Crippen molar-refractivity contribution in [3.63, 3.8) is 0 Å². The van der Waals surface area contributed by atoms with Crippen LogP contribution in [0.25, 0.3) is 22.4 Å². The molecule has 2 aromatic carbocycles. The van der Waals surface area contributed by atoms with Crippen LogP contribution in [-0.4, -0.2) is 38.9 Å². The molecule has 9 heteroatoms. The Balaban J connectivity index is 1.54. The molecule has 0 saturated carbocycles. The van der Waals surface area contributed by atoms with Crippen molar-refractivity contribution in [3.8, 4) is 17.3 Å². The predicted octanol–water partition coefficient (Wildman–Crippen LogP) is 5.06. The fraction of sp³-hybridized carbons (Fsp3) is 0.154. The van der Waals surface area contributed by atoms with Gasteiger partial charge in [-0.15, -0.1) is 0 Å². The number of ether oxygens (including phenoxy) is 1. The fourth-order valence-electron chi connectivity index (χ4n) is 3.90. The second-order valence-electron chi connectivity index (χ2n) is 7.95. The second-order valence-corrected chi connectivity index (χ2v) is 8.36. The monoisotopic (exact) mass is 485 g/mol. The molecule has 5 rings (SSSR count). The molecule has 8 nitrogen and oxygen atoms in total. The van der Waals surface area contributed by atoms with Crippen LogP contribution >= 0.6 is 11.6 Å². The summed E-state index contributed by atoms with van der Waals surface area (Å²) < 4.78 is 7.41. The van der Waals surface area contributed by atoms with Gasteiger partial charge in [-0.05, 0) is 42.4 Å². The van der Waals surface area contributed by atoms with E-state index in [1.807, 2.05) is 60.3 Å². The molecule has 0 aliphatic heterocycles. The van der Waals surface area contributed by atoms with Crippen molar-refractivity contribution < 1.29 is 4.74 Å². The molecule has 0 fully saturated rings. The summed E-state index contributed by atoms with van der Waals surface area (Å²) in [5, 5.41) is 13.0. The first kappa shape index (κ1) is 22.8. The molecule has 0 unspecified atom stereocenters. The third-order valence-corrected chi connectivity index (χ3v) is 5.96. The Hall–Kier alpha value is -4.01. The number of hydrogen-bond acceptors (Lipinski definition) is 7. The lowest BCUT2D eigenvalue weighted by molar-refractivity contribution is 0.413. The Bertz CT molecular complexity index is 1470. The van der Waals surface area contributed by atoms with Gasteiger partial charge in [0.15, 0.2) is 17.4 Å². The van der Waals surface area contributed by atoms with Gasteiger partial charge in [-0.3, -0.25) is 9.67 Å². The van der Waals surface area contributed by atoms with Crippen molar-refractivity contribution in [1.82, 2.24) is 30.0 Å². The zero-order chi connectivity index (χ0) is 24.2. The Morgan fingerprint density at radius 1 is 1.06 bits per heavy atom. The van der Waals surface area contributed by atoms with E-state index < -0.39 is 0 Å². The normalized spacial score (nSPS) is 11.1. The molecule has 2 N–H and O–H groups in total. The molecule has 3 aromatic heterocycles. The van der Waals surface area contributed by atoms with Crippen molar-refractivity contribution in [2.24, 2.45) is 0 Å². The summed E-state index contributed by atoms with van der Waals surface area (Å²) in [5.41, 5.74) is 4.62. The van der Waals surface area contributed by atoms with Crippen LogP contribution in [0, 0.1) is 0 Å². The van der Waals surface area contributed by atoms with Gasteiger partial charge in [-0.1, -0.05) is 41.9 Å². The van der Waals surface area contributed by atoms with Crippen LogP contribution < -0.4 is 15.4 Å². The Morgan fingerprint density at radius 2 is 1.89 bits per heavy atom. The molecule has 0 saturated heterocycles. The summed E-state index contributed by atoms with van der Waals surface area (Å²) >= 11 is 6.60. The predicted molar refractivity (Wildman–Crippen MR) is 138 cm³/mol. The van der Waals surface area contributed by atoms with Gasteiger partial charge in [0, 0.05) is 35.0 Å². The number of rotatable bonds is 8. The summed E-state index contributed by atoms with van der Waals surface area (Å²) in [6.45, 7) is 1.29. The van der Waals surface area contributed by atoms with Crippen molar-refractivity contribution in [2.75, 3.05) is 19.5 Å². The minimum absolute atomic E-state index is 0.493. The average Bonchev–Trinajstić information content (AvgIpc) is 3.25. The fourth-order valence-corrected chi connectivity index (χ4v) is 4.17. The Kier molecular flexibility index (Phi) is 6.56. The van der Waals surface area contributed by atoms with Crippen LogP contribution in [0.5, 0.6) is 5.75 Å². The third-order valence-electron chi connectivity index (χ3n) is 5.61. The number of benzene rings is 2. The van der Waals surface area contributed by atoms with Crippen LogP contribution in [0.3, 0.4) is 0 Å². The van der Waals surface area contributed by atoms with Crippen molar-refractivity contribution >= 4 is 34.0 Å². The highest BCUT2D eigenvalue weighted by molar-refractivity contribution is 6.31. The van der Waals surface area contributed by atoms with Gasteiger partial charge in [0.05, 0.1) is 25.4 Å². The largest absolute Gasteiger partial charge is 0.491 e. The van der Waals surface area contributed by atoms with Gasteiger partial charge in [0.2, 0.25) is 0 Å². The zero-order valence-electron chi connectivity index (χ0n) is 19.4. The van der Waals surface area contributed by atoms with E-state index in [1.165, 1.54) is 0 Å². The van der Waals surface area contributed by atoms with Crippen molar-refractivity contribution in [3.05, 3.63) is 89.3 Å². The summed E-state index contributed by atoms with van der Waals surface area (Å²) in [7, 11) is 3.50. The molecule has 5 aromatic rings. The number of para-hydroxylation sites is 1. The van der Waals surface area contributed by atoms with E-state index in [2.05, 4.69) is 26.7 Å². The number of pyridine rings is 1. The van der Waals surface area contributed by atoms with Gasteiger partial charge < -0.3 is 15.4 Å². The highest BCUT2D eigenvalue weighted by Gasteiger charge is 2.18. The summed E-state index contributed by atoms with van der Waals surface area (Å²) in [6, 6.07) is 17.9. The first-order valence-corrected chi connectivity index (χ1v) is 11.5. The van der Waals surface area contributed by atoms with E-state index in [-0.39, 0.29) is 0 Å². The quantitative estimate of drug-likeness (QED) is 0.317. The Morgan fingerprint density at radius 3 is 2.66 bits per heavy atom.